The zero-order valence-corrected chi connectivity index (χ0v) is 18.7. The van der Waals surface area contributed by atoms with E-state index in [2.05, 4.69) is 0 Å². The first-order valence-electron chi connectivity index (χ1n) is 11.2. The Morgan fingerprint density at radius 2 is 2.00 bits per heavy atom. The molecule has 34 heavy (non-hydrogen) atoms. The molecular formula is C23H27F3N4O4. The topological polar surface area (TPSA) is 126 Å². The Morgan fingerprint density at radius 1 is 1.26 bits per heavy atom. The summed E-state index contributed by atoms with van der Waals surface area (Å²) in [6.07, 6.45) is -0.325. The van der Waals surface area contributed by atoms with E-state index in [-0.39, 0.29) is 29.3 Å². The predicted molar refractivity (Wildman–Crippen MR) is 115 cm³/mol. The van der Waals surface area contributed by atoms with E-state index in [0.717, 1.165) is 31.2 Å². The van der Waals surface area contributed by atoms with Crippen LogP contribution in [0.1, 0.15) is 60.0 Å². The number of alkyl halides is 3. The summed E-state index contributed by atoms with van der Waals surface area (Å²) < 4.78 is 43.0. The van der Waals surface area contributed by atoms with Crippen LogP contribution in [-0.4, -0.2) is 53.4 Å². The van der Waals surface area contributed by atoms with Crippen molar-refractivity contribution in [1.82, 2.24) is 10.2 Å². The van der Waals surface area contributed by atoms with Crippen LogP contribution in [0.25, 0.3) is 0 Å². The zero-order valence-electron chi connectivity index (χ0n) is 18.7. The Hall–Kier alpha value is -2.95. The van der Waals surface area contributed by atoms with Gasteiger partial charge in [0.1, 0.15) is 11.4 Å². The number of nitrogens with one attached hydrogen (secondary N) is 2. The lowest BCUT2D eigenvalue weighted by Crippen LogP contribution is -2.61. The quantitative estimate of drug-likeness (QED) is 0.442. The number of fused-ring (bicyclic) bond motifs is 1. The van der Waals surface area contributed by atoms with Crippen LogP contribution in [0.15, 0.2) is 18.2 Å². The summed E-state index contributed by atoms with van der Waals surface area (Å²) in [5, 5.41) is 9.31. The van der Waals surface area contributed by atoms with Gasteiger partial charge in [0.15, 0.2) is 0 Å². The molecule has 184 valence electrons. The minimum atomic E-state index is -5.11. The first-order chi connectivity index (χ1) is 16.0. The van der Waals surface area contributed by atoms with Gasteiger partial charge in [-0.15, -0.1) is 0 Å². The highest BCUT2D eigenvalue weighted by Gasteiger charge is 2.55. The summed E-state index contributed by atoms with van der Waals surface area (Å²) in [7, 11) is 1.50. The van der Waals surface area contributed by atoms with Crippen LogP contribution in [0, 0.1) is 17.2 Å². The maximum Gasteiger partial charge on any atom is 0.471 e. The largest absolute Gasteiger partial charge is 0.471 e. The fourth-order valence-electron chi connectivity index (χ4n) is 5.73. The fourth-order valence-corrected chi connectivity index (χ4v) is 5.73. The maximum atomic E-state index is 13.2. The number of nitrogens with two attached hydrogens (primary N) is 1. The number of primary amides is 1. The van der Waals surface area contributed by atoms with E-state index in [1.165, 1.54) is 24.6 Å². The predicted octanol–water partition coefficient (Wildman–Crippen LogP) is 2.49. The molecule has 8 nitrogen and oxygen atoms in total. The van der Waals surface area contributed by atoms with Gasteiger partial charge >= 0.3 is 12.1 Å². The highest BCUT2D eigenvalue weighted by atomic mass is 19.4. The molecule has 0 aromatic heterocycles. The summed E-state index contributed by atoms with van der Waals surface area (Å²) in [6, 6.07) is 4.33. The number of halogens is 3. The van der Waals surface area contributed by atoms with Crippen molar-refractivity contribution in [2.75, 3.05) is 7.11 Å². The second kappa shape index (κ2) is 8.68. The van der Waals surface area contributed by atoms with E-state index in [1.54, 1.807) is 11.0 Å². The summed E-state index contributed by atoms with van der Waals surface area (Å²) in [4.78, 5) is 38.2. The number of methoxy groups -OCH3 is 1. The molecule has 1 heterocycles. The van der Waals surface area contributed by atoms with Gasteiger partial charge in [-0.2, -0.15) is 13.2 Å². The van der Waals surface area contributed by atoms with Gasteiger partial charge in [-0.05, 0) is 55.6 Å². The number of hydrogen-bond acceptors (Lipinski definition) is 5. The Bertz CT molecular complexity index is 1040. The Kier molecular flexibility index (Phi) is 6.17. The molecule has 0 radical (unpaired) electrons. The lowest BCUT2D eigenvalue weighted by atomic mass is 9.59. The third-order valence-corrected chi connectivity index (χ3v) is 7.63. The molecule has 4 N–H and O–H groups in total. The third kappa shape index (κ3) is 4.06. The number of amidine groups is 1. The van der Waals surface area contributed by atoms with Gasteiger partial charge in [-0.1, -0.05) is 18.6 Å². The minimum Gasteiger partial charge on any atom is -0.368 e. The van der Waals surface area contributed by atoms with E-state index in [4.69, 9.17) is 15.9 Å². The number of carbonyl (C=O) groups is 3. The van der Waals surface area contributed by atoms with Crippen LogP contribution < -0.4 is 11.1 Å². The van der Waals surface area contributed by atoms with E-state index < -0.39 is 29.4 Å². The van der Waals surface area contributed by atoms with Crippen molar-refractivity contribution in [2.45, 2.75) is 62.9 Å². The van der Waals surface area contributed by atoms with Crippen molar-refractivity contribution in [1.29, 1.82) is 5.41 Å². The number of ether oxygens (including phenoxy) is 1. The molecule has 11 heteroatoms. The lowest BCUT2D eigenvalue weighted by molar-refractivity contribution is -0.175. The SMILES string of the molecule is COC1(C(N)=O)CCC1C1CCC[C@@H](N2Cc3ccc(C(=N)NC(=O)C(F)(F)F)cc3C2=O)C1. The van der Waals surface area contributed by atoms with Gasteiger partial charge in [-0.25, -0.2) is 0 Å². The molecule has 4 atom stereocenters. The number of hydrogen-bond donors (Lipinski definition) is 3. The molecule has 3 aliphatic rings. The molecule has 3 unspecified atom stereocenters. The number of rotatable bonds is 5. The van der Waals surface area contributed by atoms with Crippen LogP contribution in [0.3, 0.4) is 0 Å². The standard InChI is InChI=1S/C23H27F3N4O4/c1-34-22(20(28)32)8-7-17(22)12-3-2-4-15(9-12)30-11-14-6-5-13(10-16(14)19(30)31)18(27)29-21(33)23(24,25)26/h5-6,10,12,15,17H,2-4,7-9,11H2,1H3,(H2,28,32)(H2,27,29,33)/t12?,15-,17?,22?/m1/s1. The molecule has 4 rings (SSSR count). The van der Waals surface area contributed by atoms with Crippen molar-refractivity contribution in [3.8, 4) is 0 Å². The van der Waals surface area contributed by atoms with Crippen molar-refractivity contribution in [3.63, 3.8) is 0 Å². The molecule has 3 amide bonds. The monoisotopic (exact) mass is 480 g/mol. The second-order valence-corrected chi connectivity index (χ2v) is 9.32. The summed E-state index contributed by atoms with van der Waals surface area (Å²) in [5.74, 6) is -3.45. The third-order valence-electron chi connectivity index (χ3n) is 7.63. The molecule has 1 aromatic carbocycles. The molecule has 2 fully saturated rings. The highest BCUT2D eigenvalue weighted by molar-refractivity contribution is 6.09. The first-order valence-corrected chi connectivity index (χ1v) is 11.2. The van der Waals surface area contributed by atoms with Crippen molar-refractivity contribution >= 4 is 23.6 Å². The number of benzene rings is 1. The van der Waals surface area contributed by atoms with Gasteiger partial charge in [0.2, 0.25) is 5.91 Å². The summed E-state index contributed by atoms with van der Waals surface area (Å²) in [6.45, 7) is 0.365. The fraction of sp³-hybridized carbons (Fsp3) is 0.565. The lowest BCUT2D eigenvalue weighted by Gasteiger charge is -2.51. The molecule has 0 spiro atoms. The van der Waals surface area contributed by atoms with Crippen molar-refractivity contribution in [2.24, 2.45) is 17.6 Å². The van der Waals surface area contributed by atoms with Crippen LogP contribution in [0.5, 0.6) is 0 Å². The molecule has 2 aliphatic carbocycles. The molecule has 1 aliphatic heterocycles. The molecule has 1 aromatic rings. The van der Waals surface area contributed by atoms with Gasteiger partial charge in [-0.3, -0.25) is 19.8 Å². The molecular weight excluding hydrogens is 453 g/mol. The van der Waals surface area contributed by atoms with Crippen LogP contribution in [-0.2, 0) is 20.9 Å². The average molecular weight is 480 g/mol. The van der Waals surface area contributed by atoms with Crippen LogP contribution in [0.2, 0.25) is 0 Å². The second-order valence-electron chi connectivity index (χ2n) is 9.32. The first kappa shape index (κ1) is 24.2. The number of nitrogens with zero attached hydrogens (tertiary/aromatic N) is 1. The normalized spacial score (nSPS) is 28.8. The van der Waals surface area contributed by atoms with Gasteiger partial charge in [0.05, 0.1) is 0 Å². The van der Waals surface area contributed by atoms with E-state index in [0.29, 0.717) is 24.9 Å². The van der Waals surface area contributed by atoms with Crippen molar-refractivity contribution in [3.05, 3.63) is 34.9 Å². The zero-order chi connectivity index (χ0) is 24.8. The van der Waals surface area contributed by atoms with Crippen LogP contribution in [0.4, 0.5) is 13.2 Å². The molecule has 0 bridgehead atoms. The Balaban J connectivity index is 1.46. The van der Waals surface area contributed by atoms with Crippen LogP contribution >= 0.6 is 0 Å². The van der Waals surface area contributed by atoms with E-state index in [9.17, 15) is 27.6 Å². The highest BCUT2D eigenvalue weighted by Crippen LogP contribution is 2.50. The van der Waals surface area contributed by atoms with Crippen molar-refractivity contribution < 1.29 is 32.3 Å². The Morgan fingerprint density at radius 3 is 2.59 bits per heavy atom. The summed E-state index contributed by atoms with van der Waals surface area (Å²) in [5.41, 5.74) is 5.75. The number of amides is 3. The maximum absolute atomic E-state index is 13.2. The van der Waals surface area contributed by atoms with E-state index >= 15 is 0 Å². The average Bonchev–Trinajstić information content (AvgIpc) is 3.09. The molecule has 0 saturated heterocycles. The van der Waals surface area contributed by atoms with Gasteiger partial charge in [0, 0.05) is 30.8 Å². The molecule has 2 saturated carbocycles. The smallest absolute Gasteiger partial charge is 0.368 e. The summed E-state index contributed by atoms with van der Waals surface area (Å²) >= 11 is 0. The van der Waals surface area contributed by atoms with Gasteiger partial charge < -0.3 is 20.7 Å². The Labute approximate surface area is 194 Å². The van der Waals surface area contributed by atoms with Gasteiger partial charge in [0.25, 0.3) is 5.91 Å². The van der Waals surface area contributed by atoms with E-state index in [1.807, 2.05) is 0 Å². The minimum absolute atomic E-state index is 0.0159. The number of carbonyl (C=O) groups excluding carboxylic acids is 3.